The molecule has 70 valence electrons. The van der Waals surface area contributed by atoms with Gasteiger partial charge in [-0.15, -0.1) is 0 Å². The Balaban J connectivity index is 2.65. The summed E-state index contributed by atoms with van der Waals surface area (Å²) < 4.78 is 0. The first-order valence-electron chi connectivity index (χ1n) is 4.34. The maximum absolute atomic E-state index is 5.95. The lowest BCUT2D eigenvalue weighted by Gasteiger charge is -2.17. The normalized spacial score (nSPS) is 18.1. The van der Waals surface area contributed by atoms with Crippen molar-refractivity contribution in [2.24, 2.45) is 0 Å². The smallest absolute Gasteiger partial charge is 0.0613 e. The maximum atomic E-state index is 5.95. The Morgan fingerprint density at radius 1 is 1.46 bits per heavy atom. The number of fused-ring (bicyclic) bond motifs is 1. The number of hydrogen-bond acceptors (Lipinski definition) is 2. The van der Waals surface area contributed by atoms with E-state index >= 15 is 0 Å². The zero-order chi connectivity index (χ0) is 9.64. The van der Waals surface area contributed by atoms with Gasteiger partial charge in [0.15, 0.2) is 0 Å². The van der Waals surface area contributed by atoms with Gasteiger partial charge in [-0.2, -0.15) is 0 Å². The van der Waals surface area contributed by atoms with Gasteiger partial charge in [0, 0.05) is 17.0 Å². The van der Waals surface area contributed by atoms with Crippen molar-refractivity contribution in [3.63, 3.8) is 0 Å². The molecule has 2 rings (SSSR count). The third-order valence-electron chi connectivity index (χ3n) is 2.57. The van der Waals surface area contributed by atoms with Gasteiger partial charge in [0.25, 0.3) is 0 Å². The number of nitrogens with two attached hydrogens (primary N) is 1. The fourth-order valence-electron chi connectivity index (χ4n) is 1.76. The van der Waals surface area contributed by atoms with Gasteiger partial charge in [-0.25, -0.2) is 0 Å². The second-order valence-electron chi connectivity index (χ2n) is 4.16. The zero-order valence-corrected chi connectivity index (χ0v) is 8.57. The van der Waals surface area contributed by atoms with Crippen LogP contribution in [0.4, 0.5) is 11.4 Å². The van der Waals surface area contributed by atoms with E-state index in [2.05, 4.69) is 19.2 Å². The number of benzene rings is 1. The zero-order valence-electron chi connectivity index (χ0n) is 7.82. The van der Waals surface area contributed by atoms with Crippen molar-refractivity contribution in [1.29, 1.82) is 0 Å². The molecule has 0 amide bonds. The summed E-state index contributed by atoms with van der Waals surface area (Å²) in [6, 6.07) is 3.78. The highest BCUT2D eigenvalue weighted by Crippen LogP contribution is 2.41. The van der Waals surface area contributed by atoms with E-state index in [-0.39, 0.29) is 5.41 Å². The number of rotatable bonds is 0. The van der Waals surface area contributed by atoms with E-state index in [0.717, 1.165) is 17.9 Å². The van der Waals surface area contributed by atoms with E-state index < -0.39 is 0 Å². The van der Waals surface area contributed by atoms with Crippen LogP contribution in [0.1, 0.15) is 19.4 Å². The van der Waals surface area contributed by atoms with E-state index in [1.807, 2.05) is 6.07 Å². The van der Waals surface area contributed by atoms with Gasteiger partial charge in [-0.05, 0) is 17.7 Å². The van der Waals surface area contributed by atoms with E-state index in [9.17, 15) is 0 Å². The number of halogens is 1. The maximum Gasteiger partial charge on any atom is 0.0613 e. The summed E-state index contributed by atoms with van der Waals surface area (Å²) in [6.45, 7) is 5.29. The summed E-state index contributed by atoms with van der Waals surface area (Å²) in [6.07, 6.45) is 0. The molecule has 0 aliphatic carbocycles. The van der Waals surface area contributed by atoms with Crippen molar-refractivity contribution in [2.75, 3.05) is 17.6 Å². The number of hydrogen-bond donors (Lipinski definition) is 2. The Hall–Kier alpha value is -0.890. The molecule has 1 aliphatic heterocycles. The highest BCUT2D eigenvalue weighted by molar-refractivity contribution is 6.31. The molecule has 0 saturated heterocycles. The predicted molar refractivity (Wildman–Crippen MR) is 57.4 cm³/mol. The molecule has 2 nitrogen and oxygen atoms in total. The average Bonchev–Trinajstić information content (AvgIpc) is 2.28. The molecule has 0 radical (unpaired) electrons. The minimum absolute atomic E-state index is 0.133. The van der Waals surface area contributed by atoms with Crippen molar-refractivity contribution in [1.82, 2.24) is 0 Å². The van der Waals surface area contributed by atoms with E-state index in [4.69, 9.17) is 17.3 Å². The Kier molecular flexibility index (Phi) is 1.70. The van der Waals surface area contributed by atoms with Crippen molar-refractivity contribution in [3.8, 4) is 0 Å². The highest BCUT2D eigenvalue weighted by Gasteiger charge is 2.31. The van der Waals surface area contributed by atoms with Crippen LogP contribution in [0, 0.1) is 0 Å². The molecule has 3 heteroatoms. The summed E-state index contributed by atoms with van der Waals surface area (Å²) in [4.78, 5) is 0. The monoisotopic (exact) mass is 196 g/mol. The summed E-state index contributed by atoms with van der Waals surface area (Å²) in [5.41, 5.74) is 8.99. The molecule has 0 unspecified atom stereocenters. The minimum Gasteiger partial charge on any atom is -0.397 e. The lowest BCUT2D eigenvalue weighted by atomic mass is 9.87. The fourth-order valence-corrected chi connectivity index (χ4v) is 1.99. The van der Waals surface area contributed by atoms with Gasteiger partial charge < -0.3 is 11.1 Å². The van der Waals surface area contributed by atoms with Gasteiger partial charge in [0.1, 0.15) is 0 Å². The lowest BCUT2D eigenvalue weighted by Crippen LogP contribution is -2.18. The molecule has 0 spiro atoms. The highest BCUT2D eigenvalue weighted by atomic mass is 35.5. The number of anilines is 2. The topological polar surface area (TPSA) is 38.0 Å². The van der Waals surface area contributed by atoms with Crippen LogP contribution < -0.4 is 11.1 Å². The van der Waals surface area contributed by atoms with Gasteiger partial charge in [-0.1, -0.05) is 25.4 Å². The molecule has 0 atom stereocenters. The van der Waals surface area contributed by atoms with Crippen molar-refractivity contribution < 1.29 is 0 Å². The van der Waals surface area contributed by atoms with Crippen LogP contribution in [0.15, 0.2) is 12.1 Å². The standard InChI is InChI=1S/C10H13ClN2/c1-10(2)5-13-9-7(10)3-6(11)4-8(9)12/h3-4,13H,5,12H2,1-2H3. The molecule has 1 aliphatic rings. The van der Waals surface area contributed by atoms with Crippen LogP contribution in [0.2, 0.25) is 5.02 Å². The first-order valence-corrected chi connectivity index (χ1v) is 4.72. The molecule has 0 bridgehead atoms. The summed E-state index contributed by atoms with van der Waals surface area (Å²) >= 11 is 5.95. The molecule has 13 heavy (non-hydrogen) atoms. The Labute approximate surface area is 83.1 Å². The van der Waals surface area contributed by atoms with Gasteiger partial charge in [0.05, 0.1) is 11.4 Å². The summed E-state index contributed by atoms with van der Waals surface area (Å²) in [7, 11) is 0. The van der Waals surface area contributed by atoms with E-state index in [1.165, 1.54) is 5.56 Å². The SMILES string of the molecule is CC1(C)CNc2c(N)cc(Cl)cc21. The van der Waals surface area contributed by atoms with Crippen LogP contribution in [0.25, 0.3) is 0 Å². The van der Waals surface area contributed by atoms with Crippen molar-refractivity contribution in [3.05, 3.63) is 22.7 Å². The summed E-state index contributed by atoms with van der Waals surface area (Å²) in [5, 5.41) is 4.02. The Morgan fingerprint density at radius 3 is 2.85 bits per heavy atom. The lowest BCUT2D eigenvalue weighted by molar-refractivity contribution is 0.586. The molecular formula is C10H13ClN2. The Bertz CT molecular complexity index is 358. The third kappa shape index (κ3) is 1.25. The third-order valence-corrected chi connectivity index (χ3v) is 2.79. The van der Waals surface area contributed by atoms with Crippen molar-refractivity contribution in [2.45, 2.75) is 19.3 Å². The first-order chi connectivity index (χ1) is 6.00. The van der Waals surface area contributed by atoms with E-state index in [0.29, 0.717) is 5.02 Å². The largest absolute Gasteiger partial charge is 0.397 e. The second kappa shape index (κ2) is 2.55. The van der Waals surface area contributed by atoms with Crippen LogP contribution >= 0.6 is 11.6 Å². The molecule has 0 aromatic heterocycles. The minimum atomic E-state index is 0.133. The van der Waals surface area contributed by atoms with Gasteiger partial charge >= 0.3 is 0 Å². The molecule has 0 fully saturated rings. The molecule has 3 N–H and O–H groups in total. The number of nitrogen functional groups attached to an aromatic ring is 1. The summed E-state index contributed by atoms with van der Waals surface area (Å²) in [5.74, 6) is 0. The molecule has 0 saturated carbocycles. The van der Waals surface area contributed by atoms with Crippen LogP contribution in [-0.4, -0.2) is 6.54 Å². The van der Waals surface area contributed by atoms with Crippen LogP contribution in [-0.2, 0) is 5.41 Å². The van der Waals surface area contributed by atoms with Gasteiger partial charge in [-0.3, -0.25) is 0 Å². The molecule has 1 heterocycles. The Morgan fingerprint density at radius 2 is 2.15 bits per heavy atom. The average molecular weight is 197 g/mol. The molecule has 1 aromatic rings. The van der Waals surface area contributed by atoms with Crippen LogP contribution in [0.3, 0.4) is 0 Å². The van der Waals surface area contributed by atoms with Crippen molar-refractivity contribution >= 4 is 23.0 Å². The van der Waals surface area contributed by atoms with E-state index in [1.54, 1.807) is 6.07 Å². The molecular weight excluding hydrogens is 184 g/mol. The fraction of sp³-hybridized carbons (Fsp3) is 0.400. The van der Waals surface area contributed by atoms with Gasteiger partial charge in [0.2, 0.25) is 0 Å². The quantitative estimate of drug-likeness (QED) is 0.626. The second-order valence-corrected chi connectivity index (χ2v) is 4.59. The van der Waals surface area contributed by atoms with Crippen LogP contribution in [0.5, 0.6) is 0 Å². The first kappa shape index (κ1) is 8.70. The number of nitrogens with one attached hydrogen (secondary N) is 1. The molecule has 1 aromatic carbocycles. The predicted octanol–water partition coefficient (Wildman–Crippen LogP) is 2.63.